The normalized spacial score (nSPS) is 30.5. The first-order valence-corrected chi connectivity index (χ1v) is 5.98. The van der Waals surface area contributed by atoms with Gasteiger partial charge in [0, 0.05) is 18.0 Å². The van der Waals surface area contributed by atoms with Gasteiger partial charge in [0.2, 0.25) is 0 Å². The number of hydrogen-bond donors (Lipinski definition) is 0. The van der Waals surface area contributed by atoms with Gasteiger partial charge in [-0.25, -0.2) is 0 Å². The Morgan fingerprint density at radius 1 is 1.33 bits per heavy atom. The van der Waals surface area contributed by atoms with Gasteiger partial charge in [0.1, 0.15) is 0 Å². The average Bonchev–Trinajstić information content (AvgIpc) is 2.09. The van der Waals surface area contributed by atoms with Crippen molar-refractivity contribution in [1.29, 1.82) is 0 Å². The summed E-state index contributed by atoms with van der Waals surface area (Å²) in [6, 6.07) is 0. The van der Waals surface area contributed by atoms with Crippen molar-refractivity contribution in [2.45, 2.75) is 43.9 Å². The molecule has 2 heteroatoms. The fourth-order valence-electron chi connectivity index (χ4n) is 1.87. The molecule has 0 amide bonds. The van der Waals surface area contributed by atoms with Crippen molar-refractivity contribution in [2.24, 2.45) is 5.92 Å². The van der Waals surface area contributed by atoms with Crippen molar-refractivity contribution in [3.05, 3.63) is 0 Å². The predicted octanol–water partition coefficient (Wildman–Crippen LogP) is 3.37. The summed E-state index contributed by atoms with van der Waals surface area (Å²) in [5, 5.41) is 0. The Labute approximate surface area is 84.0 Å². The van der Waals surface area contributed by atoms with Crippen molar-refractivity contribution in [3.8, 4) is 0 Å². The summed E-state index contributed by atoms with van der Waals surface area (Å²) in [7, 11) is 0. The first-order chi connectivity index (χ1) is 5.84. The molecule has 0 heterocycles. The van der Waals surface area contributed by atoms with E-state index in [1.165, 1.54) is 32.1 Å². The topological polar surface area (TPSA) is 9.23 Å². The molecule has 0 saturated heterocycles. The fraction of sp³-hybridized carbons (Fsp3) is 1.00. The van der Waals surface area contributed by atoms with Crippen LogP contribution >= 0.6 is 15.9 Å². The van der Waals surface area contributed by atoms with Gasteiger partial charge in [0.15, 0.2) is 0 Å². The van der Waals surface area contributed by atoms with Crippen LogP contribution in [0.15, 0.2) is 0 Å². The van der Waals surface area contributed by atoms with E-state index in [2.05, 4.69) is 22.9 Å². The number of hydrogen-bond acceptors (Lipinski definition) is 1. The van der Waals surface area contributed by atoms with E-state index >= 15 is 0 Å². The molecular weight excluding hydrogens is 216 g/mol. The molecule has 0 N–H and O–H groups in total. The van der Waals surface area contributed by atoms with Crippen LogP contribution in [-0.4, -0.2) is 18.0 Å². The van der Waals surface area contributed by atoms with Gasteiger partial charge in [-0.05, 0) is 32.1 Å². The van der Waals surface area contributed by atoms with Gasteiger partial charge in [-0.1, -0.05) is 28.8 Å². The molecule has 0 aromatic heterocycles. The van der Waals surface area contributed by atoms with Gasteiger partial charge >= 0.3 is 0 Å². The first-order valence-electron chi connectivity index (χ1n) is 5.06. The largest absolute Gasteiger partial charge is 0.382 e. The molecule has 1 aliphatic rings. The maximum atomic E-state index is 5.36. The van der Waals surface area contributed by atoms with Crippen molar-refractivity contribution in [3.63, 3.8) is 0 Å². The van der Waals surface area contributed by atoms with Crippen molar-refractivity contribution in [2.75, 3.05) is 13.2 Å². The lowest BCUT2D eigenvalue weighted by Crippen LogP contribution is -2.20. The van der Waals surface area contributed by atoms with E-state index in [-0.39, 0.29) is 0 Å². The summed E-state index contributed by atoms with van der Waals surface area (Å²) in [5.74, 6) is 0.866. The van der Waals surface area contributed by atoms with Crippen LogP contribution in [0.4, 0.5) is 0 Å². The maximum absolute atomic E-state index is 5.36. The Balaban J connectivity index is 2.11. The highest BCUT2D eigenvalue weighted by Gasteiger charge is 2.21. The molecule has 1 saturated carbocycles. The van der Waals surface area contributed by atoms with Crippen LogP contribution in [0.25, 0.3) is 0 Å². The molecule has 0 radical (unpaired) electrons. The summed E-state index contributed by atoms with van der Waals surface area (Å²) in [4.78, 5) is 0.756. The third-order valence-electron chi connectivity index (χ3n) is 2.65. The third-order valence-corrected chi connectivity index (χ3v) is 3.86. The van der Waals surface area contributed by atoms with Crippen LogP contribution in [0.1, 0.15) is 39.0 Å². The van der Waals surface area contributed by atoms with E-state index in [1.54, 1.807) is 0 Å². The average molecular weight is 235 g/mol. The van der Waals surface area contributed by atoms with E-state index in [4.69, 9.17) is 4.74 Å². The predicted molar refractivity (Wildman–Crippen MR) is 55.8 cm³/mol. The molecule has 0 aromatic carbocycles. The highest BCUT2D eigenvalue weighted by molar-refractivity contribution is 9.09. The van der Waals surface area contributed by atoms with Crippen LogP contribution in [-0.2, 0) is 4.74 Å². The highest BCUT2D eigenvalue weighted by Crippen LogP contribution is 2.31. The molecule has 0 bridgehead atoms. The number of halogens is 1. The van der Waals surface area contributed by atoms with Gasteiger partial charge in [-0.2, -0.15) is 0 Å². The Hall–Kier alpha value is 0.440. The number of ether oxygens (including phenoxy) is 1. The van der Waals surface area contributed by atoms with E-state index in [0.29, 0.717) is 0 Å². The van der Waals surface area contributed by atoms with Crippen LogP contribution in [0, 0.1) is 5.92 Å². The summed E-state index contributed by atoms with van der Waals surface area (Å²) < 4.78 is 5.36. The van der Waals surface area contributed by atoms with E-state index < -0.39 is 0 Å². The monoisotopic (exact) mass is 234 g/mol. The Bertz CT molecular complexity index is 116. The molecule has 72 valence electrons. The van der Waals surface area contributed by atoms with Gasteiger partial charge in [-0.15, -0.1) is 0 Å². The molecule has 0 aromatic rings. The molecule has 12 heavy (non-hydrogen) atoms. The van der Waals surface area contributed by atoms with Crippen LogP contribution in [0.5, 0.6) is 0 Å². The summed E-state index contributed by atoms with van der Waals surface area (Å²) >= 11 is 3.75. The lowest BCUT2D eigenvalue weighted by molar-refractivity contribution is 0.126. The number of alkyl halides is 1. The molecule has 0 spiro atoms. The van der Waals surface area contributed by atoms with Crippen molar-refractivity contribution < 1.29 is 4.74 Å². The van der Waals surface area contributed by atoms with E-state index in [1.807, 2.05) is 0 Å². The summed E-state index contributed by atoms with van der Waals surface area (Å²) in [6.45, 7) is 3.87. The Morgan fingerprint density at radius 3 is 2.75 bits per heavy atom. The lowest BCUT2D eigenvalue weighted by atomic mass is 9.87. The zero-order valence-corrected chi connectivity index (χ0v) is 9.48. The first kappa shape index (κ1) is 10.5. The minimum Gasteiger partial charge on any atom is -0.382 e. The second-order valence-corrected chi connectivity index (χ2v) is 4.72. The Kier molecular flexibility index (Phi) is 5.24. The molecule has 1 aliphatic carbocycles. The second kappa shape index (κ2) is 5.98. The fourth-order valence-corrected chi connectivity index (χ4v) is 2.72. The molecular formula is C10H19BrO. The smallest absolute Gasteiger partial charge is 0.0468 e. The highest BCUT2D eigenvalue weighted by atomic mass is 79.9. The standard InChI is InChI=1S/C10H19BrO/c1-2-12-8-7-9-5-3-4-6-10(9)11/h9-10H,2-8H2,1H3. The molecule has 1 fully saturated rings. The molecule has 1 rings (SSSR count). The lowest BCUT2D eigenvalue weighted by Gasteiger charge is -2.27. The molecule has 1 nitrogen and oxygen atoms in total. The van der Waals surface area contributed by atoms with Crippen molar-refractivity contribution in [1.82, 2.24) is 0 Å². The van der Waals surface area contributed by atoms with E-state index in [9.17, 15) is 0 Å². The molecule has 2 atom stereocenters. The van der Waals surface area contributed by atoms with Gasteiger partial charge in [0.25, 0.3) is 0 Å². The van der Waals surface area contributed by atoms with Crippen LogP contribution in [0.2, 0.25) is 0 Å². The quantitative estimate of drug-likeness (QED) is 0.536. The van der Waals surface area contributed by atoms with Crippen LogP contribution < -0.4 is 0 Å². The van der Waals surface area contributed by atoms with E-state index in [0.717, 1.165) is 24.0 Å². The van der Waals surface area contributed by atoms with Crippen molar-refractivity contribution >= 4 is 15.9 Å². The van der Waals surface area contributed by atoms with Crippen LogP contribution in [0.3, 0.4) is 0 Å². The second-order valence-electron chi connectivity index (χ2n) is 3.55. The summed E-state index contributed by atoms with van der Waals surface area (Å²) in [6.07, 6.45) is 6.81. The zero-order chi connectivity index (χ0) is 8.81. The van der Waals surface area contributed by atoms with Gasteiger partial charge in [0.05, 0.1) is 0 Å². The third kappa shape index (κ3) is 3.44. The van der Waals surface area contributed by atoms with Gasteiger partial charge in [-0.3, -0.25) is 0 Å². The Morgan fingerprint density at radius 2 is 2.08 bits per heavy atom. The molecule has 2 unspecified atom stereocenters. The van der Waals surface area contributed by atoms with Gasteiger partial charge < -0.3 is 4.74 Å². The maximum Gasteiger partial charge on any atom is 0.0468 e. The minimum atomic E-state index is 0.756. The minimum absolute atomic E-state index is 0.756. The molecule has 0 aliphatic heterocycles. The summed E-state index contributed by atoms with van der Waals surface area (Å²) in [5.41, 5.74) is 0. The SMILES string of the molecule is CCOCCC1CCCCC1Br. The zero-order valence-electron chi connectivity index (χ0n) is 7.89. The number of rotatable bonds is 4.